The standard InChI is InChI=1S/C13H18FNO3S/c1-18-12-6-2-4-10(13(12)14)8-15-11-5-3-7-19(16,17)9-11/h2,4,6,11,15H,3,5,7-9H2,1H3. The van der Waals surface area contributed by atoms with E-state index in [0.717, 1.165) is 6.42 Å². The zero-order valence-electron chi connectivity index (χ0n) is 10.9. The quantitative estimate of drug-likeness (QED) is 0.912. The van der Waals surface area contributed by atoms with Gasteiger partial charge in [0.25, 0.3) is 0 Å². The van der Waals surface area contributed by atoms with Gasteiger partial charge in [0.2, 0.25) is 0 Å². The first kappa shape index (κ1) is 14.3. The van der Waals surface area contributed by atoms with E-state index in [1.165, 1.54) is 7.11 Å². The van der Waals surface area contributed by atoms with Gasteiger partial charge in [-0.3, -0.25) is 0 Å². The number of hydrogen-bond acceptors (Lipinski definition) is 4. The molecule has 0 spiro atoms. The highest BCUT2D eigenvalue weighted by Gasteiger charge is 2.24. The van der Waals surface area contributed by atoms with Crippen LogP contribution in [0.25, 0.3) is 0 Å². The number of nitrogens with one attached hydrogen (secondary N) is 1. The third-order valence-corrected chi connectivity index (χ3v) is 5.13. The molecule has 1 aromatic carbocycles. The van der Waals surface area contributed by atoms with Crippen molar-refractivity contribution in [3.8, 4) is 5.75 Å². The summed E-state index contributed by atoms with van der Waals surface area (Å²) in [6, 6.07) is 4.85. The van der Waals surface area contributed by atoms with Crippen molar-refractivity contribution in [2.45, 2.75) is 25.4 Å². The van der Waals surface area contributed by atoms with E-state index in [-0.39, 0.29) is 23.3 Å². The van der Waals surface area contributed by atoms with Crippen LogP contribution in [-0.2, 0) is 16.4 Å². The van der Waals surface area contributed by atoms with Gasteiger partial charge in [0, 0.05) is 18.2 Å². The van der Waals surface area contributed by atoms with Gasteiger partial charge in [0.15, 0.2) is 21.4 Å². The molecule has 1 fully saturated rings. The SMILES string of the molecule is COc1cccc(CNC2CCCS(=O)(=O)C2)c1F. The molecule has 0 amide bonds. The molecule has 1 aliphatic heterocycles. The van der Waals surface area contributed by atoms with Crippen molar-refractivity contribution in [3.05, 3.63) is 29.6 Å². The summed E-state index contributed by atoms with van der Waals surface area (Å²) in [5, 5.41) is 3.11. The van der Waals surface area contributed by atoms with Gasteiger partial charge < -0.3 is 10.1 Å². The van der Waals surface area contributed by atoms with Crippen LogP contribution in [0, 0.1) is 5.82 Å². The van der Waals surface area contributed by atoms with Crippen LogP contribution in [0.5, 0.6) is 5.75 Å². The number of methoxy groups -OCH3 is 1. The Balaban J connectivity index is 1.99. The summed E-state index contributed by atoms with van der Waals surface area (Å²) in [5.74, 6) is 0.212. The molecule has 0 saturated carbocycles. The van der Waals surface area contributed by atoms with Crippen molar-refractivity contribution in [2.24, 2.45) is 0 Å². The Bertz CT molecular complexity index is 545. The maximum absolute atomic E-state index is 13.9. The molecule has 1 N–H and O–H groups in total. The number of sulfone groups is 1. The highest BCUT2D eigenvalue weighted by molar-refractivity contribution is 7.91. The van der Waals surface area contributed by atoms with Gasteiger partial charge in [-0.1, -0.05) is 12.1 Å². The molecule has 19 heavy (non-hydrogen) atoms. The Labute approximate surface area is 112 Å². The highest BCUT2D eigenvalue weighted by atomic mass is 32.2. The minimum atomic E-state index is -2.94. The molecule has 6 heteroatoms. The molecule has 0 aliphatic carbocycles. The molecular formula is C13H18FNO3S. The van der Waals surface area contributed by atoms with E-state index >= 15 is 0 Å². The average Bonchev–Trinajstić information content (AvgIpc) is 2.36. The minimum absolute atomic E-state index is 0.0932. The van der Waals surface area contributed by atoms with Gasteiger partial charge in [0.1, 0.15) is 0 Å². The molecular weight excluding hydrogens is 269 g/mol. The van der Waals surface area contributed by atoms with E-state index in [4.69, 9.17) is 4.74 Å². The van der Waals surface area contributed by atoms with E-state index in [1.807, 2.05) is 0 Å². The third kappa shape index (κ3) is 3.67. The summed E-state index contributed by atoms with van der Waals surface area (Å²) < 4.78 is 41.8. The minimum Gasteiger partial charge on any atom is -0.494 e. The molecule has 1 heterocycles. The first-order valence-electron chi connectivity index (χ1n) is 6.27. The van der Waals surface area contributed by atoms with Crippen molar-refractivity contribution < 1.29 is 17.5 Å². The third-order valence-electron chi connectivity index (χ3n) is 3.31. The smallest absolute Gasteiger partial charge is 0.169 e. The van der Waals surface area contributed by atoms with Crippen LogP contribution in [0.2, 0.25) is 0 Å². The van der Waals surface area contributed by atoms with Gasteiger partial charge in [0.05, 0.1) is 18.6 Å². The van der Waals surface area contributed by atoms with Crippen LogP contribution in [0.4, 0.5) is 4.39 Å². The summed E-state index contributed by atoms with van der Waals surface area (Å²) in [5.41, 5.74) is 0.488. The van der Waals surface area contributed by atoms with E-state index in [1.54, 1.807) is 18.2 Å². The Morgan fingerprint density at radius 1 is 1.47 bits per heavy atom. The second-order valence-electron chi connectivity index (χ2n) is 4.77. The molecule has 1 unspecified atom stereocenters. The van der Waals surface area contributed by atoms with E-state index in [9.17, 15) is 12.8 Å². The lowest BCUT2D eigenvalue weighted by Crippen LogP contribution is -2.39. The zero-order valence-corrected chi connectivity index (χ0v) is 11.7. The van der Waals surface area contributed by atoms with Crippen LogP contribution in [0.1, 0.15) is 18.4 Å². The second-order valence-corrected chi connectivity index (χ2v) is 7.00. The van der Waals surface area contributed by atoms with Crippen LogP contribution < -0.4 is 10.1 Å². The van der Waals surface area contributed by atoms with Crippen LogP contribution in [0.15, 0.2) is 18.2 Å². The molecule has 0 aromatic heterocycles. The fraction of sp³-hybridized carbons (Fsp3) is 0.538. The van der Waals surface area contributed by atoms with E-state index < -0.39 is 15.7 Å². The lowest BCUT2D eigenvalue weighted by Gasteiger charge is -2.23. The molecule has 0 radical (unpaired) electrons. The van der Waals surface area contributed by atoms with Crippen LogP contribution in [0.3, 0.4) is 0 Å². The number of ether oxygens (including phenoxy) is 1. The maximum Gasteiger partial charge on any atom is 0.169 e. The second kappa shape index (κ2) is 5.88. The predicted molar refractivity (Wildman–Crippen MR) is 71.5 cm³/mol. The van der Waals surface area contributed by atoms with Crippen molar-refractivity contribution in [2.75, 3.05) is 18.6 Å². The first-order valence-corrected chi connectivity index (χ1v) is 8.09. The zero-order chi connectivity index (χ0) is 13.9. The van der Waals surface area contributed by atoms with Gasteiger partial charge in [-0.15, -0.1) is 0 Å². The monoisotopic (exact) mass is 287 g/mol. The molecule has 106 valence electrons. The topological polar surface area (TPSA) is 55.4 Å². The van der Waals surface area contributed by atoms with E-state index in [2.05, 4.69) is 5.32 Å². The largest absolute Gasteiger partial charge is 0.494 e. The van der Waals surface area contributed by atoms with Gasteiger partial charge in [-0.05, 0) is 18.9 Å². The molecule has 2 rings (SSSR count). The number of benzene rings is 1. The molecule has 0 bridgehead atoms. The fourth-order valence-electron chi connectivity index (χ4n) is 2.29. The Morgan fingerprint density at radius 2 is 2.26 bits per heavy atom. The average molecular weight is 287 g/mol. The molecule has 1 saturated heterocycles. The maximum atomic E-state index is 13.9. The fourth-order valence-corrected chi connectivity index (χ4v) is 3.96. The van der Waals surface area contributed by atoms with Crippen molar-refractivity contribution in [3.63, 3.8) is 0 Å². The first-order chi connectivity index (χ1) is 9.02. The highest BCUT2D eigenvalue weighted by Crippen LogP contribution is 2.20. The summed E-state index contributed by atoms with van der Waals surface area (Å²) in [7, 11) is -1.52. The summed E-state index contributed by atoms with van der Waals surface area (Å²) in [4.78, 5) is 0. The predicted octanol–water partition coefficient (Wildman–Crippen LogP) is 1.50. The number of rotatable bonds is 4. The molecule has 1 aromatic rings. The lowest BCUT2D eigenvalue weighted by molar-refractivity contribution is 0.382. The van der Waals surface area contributed by atoms with Crippen molar-refractivity contribution in [1.82, 2.24) is 5.32 Å². The van der Waals surface area contributed by atoms with Crippen LogP contribution in [-0.4, -0.2) is 33.1 Å². The van der Waals surface area contributed by atoms with Crippen molar-refractivity contribution >= 4 is 9.84 Å². The Morgan fingerprint density at radius 3 is 2.95 bits per heavy atom. The van der Waals surface area contributed by atoms with Gasteiger partial charge in [-0.2, -0.15) is 0 Å². The van der Waals surface area contributed by atoms with Gasteiger partial charge >= 0.3 is 0 Å². The molecule has 1 aliphatic rings. The Kier molecular flexibility index (Phi) is 4.42. The molecule has 4 nitrogen and oxygen atoms in total. The summed E-state index contributed by atoms with van der Waals surface area (Å²) in [6.07, 6.45) is 1.48. The Hall–Kier alpha value is -1.14. The molecule has 1 atom stereocenters. The van der Waals surface area contributed by atoms with Crippen molar-refractivity contribution in [1.29, 1.82) is 0 Å². The summed E-state index contributed by atoms with van der Waals surface area (Å²) >= 11 is 0. The number of hydrogen-bond donors (Lipinski definition) is 1. The van der Waals surface area contributed by atoms with Crippen LogP contribution >= 0.6 is 0 Å². The lowest BCUT2D eigenvalue weighted by atomic mass is 10.1. The van der Waals surface area contributed by atoms with Gasteiger partial charge in [-0.25, -0.2) is 12.8 Å². The summed E-state index contributed by atoms with van der Waals surface area (Å²) in [6.45, 7) is 0.309. The van der Waals surface area contributed by atoms with E-state index in [0.29, 0.717) is 18.5 Å². The number of halogens is 1. The normalized spacial score (nSPS) is 22.1.